The van der Waals surface area contributed by atoms with E-state index in [0.717, 1.165) is 2.99 Å². The Hall–Kier alpha value is 1.12. The molecule has 0 aromatic carbocycles. The molecule has 0 heterocycles. The molecular weight excluding hydrogens is 258 g/mol. The van der Waals surface area contributed by atoms with Crippen LogP contribution in [0.3, 0.4) is 0 Å². The summed E-state index contributed by atoms with van der Waals surface area (Å²) in [6.07, 6.45) is 0. The van der Waals surface area contributed by atoms with Crippen molar-refractivity contribution in [3.63, 3.8) is 0 Å². The van der Waals surface area contributed by atoms with Crippen LogP contribution in [0.2, 0.25) is 37.3 Å². The molecule has 0 radical (unpaired) electrons. The zero-order chi connectivity index (χ0) is 9.50. The second-order valence-corrected chi connectivity index (χ2v) is 32.5. The van der Waals surface area contributed by atoms with Crippen molar-refractivity contribution in [3.8, 4) is 0 Å². The van der Waals surface area contributed by atoms with Gasteiger partial charge in [-0.1, -0.05) is 0 Å². The summed E-state index contributed by atoms with van der Waals surface area (Å²) >= 11 is -2.85. The number of rotatable bonds is 2. The van der Waals surface area contributed by atoms with Crippen molar-refractivity contribution < 1.29 is 0 Å². The Balaban J connectivity index is 4.75. The SMILES string of the molecule is CC(C)([AsH](C)(C)C)[AsH](C)(C)C. The first-order valence-electron chi connectivity index (χ1n) is 4.50. The summed E-state index contributed by atoms with van der Waals surface area (Å²) in [7, 11) is 0. The van der Waals surface area contributed by atoms with Crippen molar-refractivity contribution in [1.82, 2.24) is 0 Å². The second-order valence-electron chi connectivity index (χ2n) is 6.12. The van der Waals surface area contributed by atoms with Gasteiger partial charge >= 0.3 is 78.2 Å². The van der Waals surface area contributed by atoms with Gasteiger partial charge in [0.25, 0.3) is 0 Å². The fourth-order valence-electron chi connectivity index (χ4n) is 1.12. The first-order chi connectivity index (χ1) is 4.50. The molecule has 0 nitrogen and oxygen atoms in total. The third-order valence-electron chi connectivity index (χ3n) is 3.75. The average Bonchev–Trinajstić information content (AvgIpc) is 1.58. The Labute approximate surface area is 78.0 Å². The summed E-state index contributed by atoms with van der Waals surface area (Å²) in [4.78, 5) is 0. The molecule has 72 valence electrons. The predicted octanol–water partition coefficient (Wildman–Crippen LogP) is 3.45. The summed E-state index contributed by atoms with van der Waals surface area (Å²) in [5.74, 6) is 0. The van der Waals surface area contributed by atoms with E-state index in [0.29, 0.717) is 0 Å². The molecule has 0 aliphatic rings. The van der Waals surface area contributed by atoms with Crippen LogP contribution >= 0.6 is 0 Å². The molecule has 0 spiro atoms. The van der Waals surface area contributed by atoms with Gasteiger partial charge in [0.15, 0.2) is 0 Å². The number of hydrogen-bond acceptors (Lipinski definition) is 0. The molecule has 0 saturated carbocycles. The molecule has 0 saturated heterocycles. The molecule has 0 aromatic heterocycles. The monoisotopic (exact) mass is 284 g/mol. The molecule has 11 heavy (non-hydrogen) atoms. The first-order valence-corrected chi connectivity index (χ1v) is 19.2. The zero-order valence-electron chi connectivity index (χ0n) is 9.50. The van der Waals surface area contributed by atoms with Crippen molar-refractivity contribution in [3.05, 3.63) is 0 Å². The molecule has 0 aromatic rings. The van der Waals surface area contributed by atoms with E-state index in [4.69, 9.17) is 0 Å². The first kappa shape index (κ1) is 12.1. The van der Waals surface area contributed by atoms with E-state index >= 15 is 0 Å². The molecule has 0 rings (SSSR count). The summed E-state index contributed by atoms with van der Waals surface area (Å²) in [6.45, 7) is 5.04. The fourth-order valence-corrected chi connectivity index (χ4v) is 30.4. The predicted molar refractivity (Wildman–Crippen MR) is 63.5 cm³/mol. The maximum atomic E-state index is 2.55. The van der Waals surface area contributed by atoms with Gasteiger partial charge in [-0.25, -0.2) is 0 Å². The minimum absolute atomic E-state index is 0.750. The molecule has 0 aliphatic carbocycles. The van der Waals surface area contributed by atoms with Crippen molar-refractivity contribution in [2.45, 2.75) is 51.1 Å². The van der Waals surface area contributed by atoms with Gasteiger partial charge in [0.1, 0.15) is 0 Å². The Morgan fingerprint density at radius 1 is 0.636 bits per heavy atom. The van der Waals surface area contributed by atoms with Crippen LogP contribution < -0.4 is 0 Å². The molecule has 0 atom stereocenters. The summed E-state index contributed by atoms with van der Waals surface area (Å²) in [6, 6.07) is 0. The van der Waals surface area contributed by atoms with Crippen molar-refractivity contribution in [1.29, 1.82) is 0 Å². The van der Waals surface area contributed by atoms with Gasteiger partial charge in [-0.15, -0.1) is 0 Å². The van der Waals surface area contributed by atoms with Gasteiger partial charge in [0.2, 0.25) is 0 Å². The standard InChI is InChI=1S/C9H26As2/c1-9(2,10(3,4)5)11(6,7)8/h10-11H,1-8H3. The Morgan fingerprint density at radius 2 is 0.818 bits per heavy atom. The number of hydrogen-bond donors (Lipinski definition) is 0. The zero-order valence-corrected chi connectivity index (χ0v) is 13.7. The van der Waals surface area contributed by atoms with Gasteiger partial charge in [0, 0.05) is 0 Å². The Kier molecular flexibility index (Phi) is 3.43. The van der Waals surface area contributed by atoms with Crippen LogP contribution in [0.15, 0.2) is 0 Å². The van der Waals surface area contributed by atoms with Crippen LogP contribution in [0.1, 0.15) is 13.8 Å². The van der Waals surface area contributed by atoms with E-state index in [-0.39, 0.29) is 0 Å². The Morgan fingerprint density at radius 3 is 0.818 bits per heavy atom. The van der Waals surface area contributed by atoms with Gasteiger partial charge in [0.05, 0.1) is 0 Å². The fraction of sp³-hybridized carbons (Fsp3) is 1.00. The third-order valence-corrected chi connectivity index (χ3v) is 35.8. The van der Waals surface area contributed by atoms with E-state index in [1.54, 1.807) is 0 Å². The van der Waals surface area contributed by atoms with Gasteiger partial charge < -0.3 is 0 Å². The summed E-state index contributed by atoms with van der Waals surface area (Å²) < 4.78 is 0.750. The quantitative estimate of drug-likeness (QED) is 0.681. The molecule has 0 bridgehead atoms. The van der Waals surface area contributed by atoms with Gasteiger partial charge in [-0.2, -0.15) is 0 Å². The van der Waals surface area contributed by atoms with Crippen LogP contribution in [0, 0.1) is 0 Å². The van der Waals surface area contributed by atoms with Crippen molar-refractivity contribution in [2.24, 2.45) is 0 Å². The molecule has 0 unspecified atom stereocenters. The van der Waals surface area contributed by atoms with E-state index in [2.05, 4.69) is 48.1 Å². The van der Waals surface area contributed by atoms with Crippen LogP contribution in [0.25, 0.3) is 0 Å². The average molecular weight is 284 g/mol. The summed E-state index contributed by atoms with van der Waals surface area (Å²) in [5, 5.41) is 0. The molecule has 0 N–H and O–H groups in total. The molecule has 0 amide bonds. The normalized spacial score (nSPS) is 18.2. The van der Waals surface area contributed by atoms with Crippen LogP contribution in [0.5, 0.6) is 0 Å². The van der Waals surface area contributed by atoms with Crippen molar-refractivity contribution in [2.75, 3.05) is 0 Å². The van der Waals surface area contributed by atoms with Gasteiger partial charge in [-0.05, 0) is 0 Å². The topological polar surface area (TPSA) is 0 Å². The van der Waals surface area contributed by atoms with Crippen LogP contribution in [-0.2, 0) is 0 Å². The van der Waals surface area contributed by atoms with Crippen LogP contribution in [-0.4, -0.2) is 27.1 Å². The minimum atomic E-state index is -1.43. The second kappa shape index (κ2) is 3.11. The van der Waals surface area contributed by atoms with Gasteiger partial charge in [-0.3, -0.25) is 0 Å². The van der Waals surface area contributed by atoms with E-state index in [9.17, 15) is 0 Å². The Bertz CT molecular complexity index is 119. The summed E-state index contributed by atoms with van der Waals surface area (Å²) in [5.41, 5.74) is 15.3. The van der Waals surface area contributed by atoms with E-state index in [1.165, 1.54) is 0 Å². The molecule has 0 fully saturated rings. The molecule has 2 heteroatoms. The molecular formula is C9H26As2. The van der Waals surface area contributed by atoms with Crippen LogP contribution in [0.4, 0.5) is 0 Å². The van der Waals surface area contributed by atoms with E-state index < -0.39 is 27.1 Å². The maximum absolute atomic E-state index is 2.55. The molecule has 0 aliphatic heterocycles. The van der Waals surface area contributed by atoms with Crippen molar-refractivity contribution >= 4 is 27.1 Å². The third kappa shape index (κ3) is 2.53. The van der Waals surface area contributed by atoms with E-state index in [1.807, 2.05) is 0 Å².